The number of hydrogen-bond acceptors (Lipinski definition) is 3. The zero-order chi connectivity index (χ0) is 14.5. The summed E-state index contributed by atoms with van der Waals surface area (Å²) in [4.78, 5) is 15.3. The molecule has 1 aliphatic carbocycles. The smallest absolute Gasteiger partial charge is 0.335 e. The molecule has 2 aromatic rings. The Kier molecular flexibility index (Phi) is 2.83. The number of ether oxygens (including phenoxy) is 1. The van der Waals surface area contributed by atoms with Crippen LogP contribution >= 0.6 is 0 Å². The van der Waals surface area contributed by atoms with Gasteiger partial charge in [0, 0.05) is 18.6 Å². The van der Waals surface area contributed by atoms with Crippen LogP contribution in [-0.4, -0.2) is 33.8 Å². The maximum Gasteiger partial charge on any atom is 0.335 e. The molecule has 1 saturated carbocycles. The molecule has 1 fully saturated rings. The van der Waals surface area contributed by atoms with Crippen molar-refractivity contribution in [2.45, 2.75) is 32.4 Å². The average Bonchev–Trinajstić information content (AvgIpc) is 2.81. The van der Waals surface area contributed by atoms with Gasteiger partial charge in [0.15, 0.2) is 0 Å². The minimum absolute atomic E-state index is 0.0495. The van der Waals surface area contributed by atoms with Crippen LogP contribution in [0.3, 0.4) is 0 Å². The summed E-state index contributed by atoms with van der Waals surface area (Å²) in [5.41, 5.74) is 2.02. The molecule has 106 valence electrons. The van der Waals surface area contributed by atoms with Gasteiger partial charge in [0.2, 0.25) is 0 Å². The van der Waals surface area contributed by atoms with Crippen molar-refractivity contribution in [3.63, 3.8) is 0 Å². The van der Waals surface area contributed by atoms with E-state index in [1.807, 2.05) is 6.07 Å². The lowest BCUT2D eigenvalue weighted by atomic mass is 9.64. The summed E-state index contributed by atoms with van der Waals surface area (Å²) in [5, 5.41) is 9.02. The third kappa shape index (κ3) is 1.73. The van der Waals surface area contributed by atoms with Gasteiger partial charge in [-0.15, -0.1) is 0 Å². The number of aromatic carboxylic acids is 1. The number of carboxylic acid groups (broad SMARTS) is 1. The topological polar surface area (TPSA) is 64.4 Å². The zero-order valence-corrected chi connectivity index (χ0v) is 11.8. The van der Waals surface area contributed by atoms with E-state index in [2.05, 4.69) is 23.4 Å². The highest BCUT2D eigenvalue weighted by molar-refractivity contribution is 5.92. The van der Waals surface area contributed by atoms with Gasteiger partial charge in [-0.3, -0.25) is 0 Å². The monoisotopic (exact) mass is 274 g/mol. The first-order valence-corrected chi connectivity index (χ1v) is 6.68. The summed E-state index contributed by atoms with van der Waals surface area (Å²) >= 11 is 0. The normalized spacial score (nSPS) is 24.6. The third-order valence-corrected chi connectivity index (χ3v) is 4.57. The van der Waals surface area contributed by atoms with Crippen molar-refractivity contribution in [1.82, 2.24) is 9.55 Å². The third-order valence-electron chi connectivity index (χ3n) is 4.57. The fourth-order valence-corrected chi connectivity index (χ4v) is 3.15. The van der Waals surface area contributed by atoms with Crippen LogP contribution in [0.1, 0.15) is 36.7 Å². The van der Waals surface area contributed by atoms with Gasteiger partial charge in [-0.2, -0.15) is 0 Å². The summed E-state index contributed by atoms with van der Waals surface area (Å²) in [6.45, 7) is 4.37. The van der Waals surface area contributed by atoms with Crippen molar-refractivity contribution >= 4 is 17.0 Å². The molecule has 1 aromatic carbocycles. The zero-order valence-electron chi connectivity index (χ0n) is 11.8. The van der Waals surface area contributed by atoms with Crippen LogP contribution in [-0.2, 0) is 4.74 Å². The van der Waals surface area contributed by atoms with Crippen LogP contribution in [0.5, 0.6) is 0 Å². The number of benzene rings is 1. The number of rotatable bonds is 3. The molecule has 0 radical (unpaired) electrons. The molecule has 0 amide bonds. The van der Waals surface area contributed by atoms with Gasteiger partial charge in [-0.05, 0) is 24.6 Å². The molecule has 1 N–H and O–H groups in total. The average molecular weight is 274 g/mol. The van der Waals surface area contributed by atoms with E-state index in [1.54, 1.807) is 25.6 Å². The highest BCUT2D eigenvalue weighted by Crippen LogP contribution is 2.51. The lowest BCUT2D eigenvalue weighted by molar-refractivity contribution is -0.111. The minimum atomic E-state index is -0.926. The van der Waals surface area contributed by atoms with Crippen LogP contribution in [0.2, 0.25) is 0 Å². The Labute approximate surface area is 117 Å². The summed E-state index contributed by atoms with van der Waals surface area (Å²) in [5.74, 6) is -0.926. The van der Waals surface area contributed by atoms with E-state index in [0.717, 1.165) is 17.5 Å². The van der Waals surface area contributed by atoms with Crippen LogP contribution in [0, 0.1) is 5.41 Å². The molecule has 1 aliphatic rings. The van der Waals surface area contributed by atoms with Crippen molar-refractivity contribution in [2.75, 3.05) is 7.11 Å². The molecule has 0 aliphatic heterocycles. The van der Waals surface area contributed by atoms with Gasteiger partial charge >= 0.3 is 5.97 Å². The quantitative estimate of drug-likeness (QED) is 0.934. The first kappa shape index (κ1) is 13.1. The predicted molar refractivity (Wildman–Crippen MR) is 74.9 cm³/mol. The Morgan fingerprint density at radius 2 is 2.25 bits per heavy atom. The fourth-order valence-electron chi connectivity index (χ4n) is 3.15. The minimum Gasteiger partial charge on any atom is -0.478 e. The highest BCUT2D eigenvalue weighted by atomic mass is 16.5. The summed E-state index contributed by atoms with van der Waals surface area (Å²) in [6, 6.07) is 5.41. The van der Waals surface area contributed by atoms with Gasteiger partial charge in [-0.25, -0.2) is 9.78 Å². The van der Waals surface area contributed by atoms with E-state index in [1.165, 1.54) is 0 Å². The summed E-state index contributed by atoms with van der Waals surface area (Å²) in [6.07, 6.45) is 3.01. The maximum absolute atomic E-state index is 11.0. The second kappa shape index (κ2) is 4.31. The number of imidazole rings is 1. The summed E-state index contributed by atoms with van der Waals surface area (Å²) in [7, 11) is 1.74. The molecule has 3 rings (SSSR count). The molecule has 0 saturated heterocycles. The predicted octanol–water partition coefficient (Wildman–Crippen LogP) is 2.72. The Morgan fingerprint density at radius 3 is 2.85 bits per heavy atom. The van der Waals surface area contributed by atoms with E-state index < -0.39 is 5.97 Å². The Balaban J connectivity index is 2.00. The van der Waals surface area contributed by atoms with Crippen LogP contribution in [0.25, 0.3) is 11.0 Å². The number of methoxy groups -OCH3 is 1. The number of aromatic nitrogens is 2. The van der Waals surface area contributed by atoms with E-state index in [-0.39, 0.29) is 17.1 Å². The first-order valence-electron chi connectivity index (χ1n) is 6.68. The SMILES string of the molecule is COC1CC(n2cnc3cc(C(=O)O)ccc32)C1(C)C. The van der Waals surface area contributed by atoms with E-state index >= 15 is 0 Å². The number of carboxylic acids is 1. The second-order valence-electron chi connectivity index (χ2n) is 5.96. The molecule has 1 heterocycles. The Hall–Kier alpha value is -1.88. The largest absolute Gasteiger partial charge is 0.478 e. The van der Waals surface area contributed by atoms with Crippen molar-refractivity contribution in [3.8, 4) is 0 Å². The molecular formula is C15H18N2O3. The van der Waals surface area contributed by atoms with Crippen LogP contribution in [0.4, 0.5) is 0 Å². The molecule has 1 aromatic heterocycles. The van der Waals surface area contributed by atoms with E-state index in [4.69, 9.17) is 9.84 Å². The number of carbonyl (C=O) groups is 1. The number of nitrogens with zero attached hydrogens (tertiary/aromatic N) is 2. The van der Waals surface area contributed by atoms with Gasteiger partial charge in [0.1, 0.15) is 0 Å². The second-order valence-corrected chi connectivity index (χ2v) is 5.96. The van der Waals surface area contributed by atoms with Crippen molar-refractivity contribution in [3.05, 3.63) is 30.1 Å². The van der Waals surface area contributed by atoms with Crippen molar-refractivity contribution in [1.29, 1.82) is 0 Å². The highest BCUT2D eigenvalue weighted by Gasteiger charge is 2.49. The molecule has 2 unspecified atom stereocenters. The fraction of sp³-hybridized carbons (Fsp3) is 0.467. The van der Waals surface area contributed by atoms with Gasteiger partial charge in [0.25, 0.3) is 0 Å². The standard InChI is InChI=1S/C15H18N2O3/c1-15(2)12(7-13(15)20-3)17-8-16-10-6-9(14(18)19)4-5-11(10)17/h4-6,8,12-13H,7H2,1-3H3,(H,18,19). The molecule has 0 spiro atoms. The molecule has 0 bridgehead atoms. The first-order chi connectivity index (χ1) is 9.45. The lowest BCUT2D eigenvalue weighted by Crippen LogP contribution is -2.50. The molecule has 5 heteroatoms. The van der Waals surface area contributed by atoms with E-state index in [0.29, 0.717) is 6.04 Å². The maximum atomic E-state index is 11.0. The summed E-state index contributed by atoms with van der Waals surface area (Å²) < 4.78 is 7.62. The van der Waals surface area contributed by atoms with Crippen LogP contribution in [0.15, 0.2) is 24.5 Å². The molecular weight excluding hydrogens is 256 g/mol. The Morgan fingerprint density at radius 1 is 1.50 bits per heavy atom. The van der Waals surface area contributed by atoms with Crippen LogP contribution < -0.4 is 0 Å². The van der Waals surface area contributed by atoms with Gasteiger partial charge in [0.05, 0.1) is 29.0 Å². The molecule has 20 heavy (non-hydrogen) atoms. The lowest BCUT2D eigenvalue weighted by Gasteiger charge is -2.51. The van der Waals surface area contributed by atoms with Gasteiger partial charge < -0.3 is 14.4 Å². The number of fused-ring (bicyclic) bond motifs is 1. The molecule has 5 nitrogen and oxygen atoms in total. The molecule has 2 atom stereocenters. The van der Waals surface area contributed by atoms with E-state index in [9.17, 15) is 4.79 Å². The van der Waals surface area contributed by atoms with Crippen molar-refractivity contribution in [2.24, 2.45) is 5.41 Å². The Bertz CT molecular complexity index is 675. The van der Waals surface area contributed by atoms with Gasteiger partial charge in [-0.1, -0.05) is 13.8 Å². The number of hydrogen-bond donors (Lipinski definition) is 1. The van der Waals surface area contributed by atoms with Crippen molar-refractivity contribution < 1.29 is 14.6 Å².